The SMILES string of the molecule is CCOc1ccc(NC(=O)C(=O)NN=Cc2cc(Br)ccc2OC(=O)c2ccc(OC)c(OC)c2)cc1. The molecule has 0 unspecified atom stereocenters. The monoisotopic (exact) mass is 569 g/mol. The number of halogens is 1. The number of hydrogen-bond donors (Lipinski definition) is 2. The van der Waals surface area contributed by atoms with Crippen molar-refractivity contribution in [1.82, 2.24) is 5.43 Å². The molecular weight excluding hydrogens is 546 g/mol. The van der Waals surface area contributed by atoms with Crippen LogP contribution in [0.3, 0.4) is 0 Å². The summed E-state index contributed by atoms with van der Waals surface area (Å²) >= 11 is 3.35. The molecule has 0 radical (unpaired) electrons. The molecule has 3 aromatic rings. The van der Waals surface area contributed by atoms with Crippen molar-refractivity contribution in [2.45, 2.75) is 6.92 Å². The molecule has 10 nitrogen and oxygen atoms in total. The van der Waals surface area contributed by atoms with E-state index in [4.69, 9.17) is 18.9 Å². The molecule has 3 aromatic carbocycles. The predicted molar refractivity (Wildman–Crippen MR) is 141 cm³/mol. The van der Waals surface area contributed by atoms with Gasteiger partial charge in [-0.1, -0.05) is 15.9 Å². The zero-order valence-electron chi connectivity index (χ0n) is 20.2. The highest BCUT2D eigenvalue weighted by Gasteiger charge is 2.16. The molecular formula is C26H24BrN3O7. The Morgan fingerprint density at radius 3 is 2.27 bits per heavy atom. The highest BCUT2D eigenvalue weighted by atomic mass is 79.9. The number of carbonyl (C=O) groups is 3. The van der Waals surface area contributed by atoms with E-state index in [1.807, 2.05) is 6.92 Å². The van der Waals surface area contributed by atoms with Crippen LogP contribution in [0.5, 0.6) is 23.0 Å². The third-order valence-electron chi connectivity index (χ3n) is 4.79. The number of esters is 1. The molecule has 0 saturated carbocycles. The van der Waals surface area contributed by atoms with Crippen LogP contribution in [0, 0.1) is 0 Å². The van der Waals surface area contributed by atoms with Crippen molar-refractivity contribution in [3.8, 4) is 23.0 Å². The fourth-order valence-electron chi connectivity index (χ4n) is 3.04. The first-order valence-corrected chi connectivity index (χ1v) is 11.7. The van der Waals surface area contributed by atoms with E-state index in [1.54, 1.807) is 54.6 Å². The molecule has 0 spiro atoms. The number of hydrazone groups is 1. The summed E-state index contributed by atoms with van der Waals surface area (Å²) in [5.74, 6) is -0.860. The molecule has 0 aliphatic heterocycles. The Hall–Kier alpha value is -4.38. The molecule has 0 atom stereocenters. The van der Waals surface area contributed by atoms with Crippen molar-refractivity contribution in [2.24, 2.45) is 5.10 Å². The van der Waals surface area contributed by atoms with Gasteiger partial charge in [-0.15, -0.1) is 0 Å². The van der Waals surface area contributed by atoms with Crippen molar-refractivity contribution in [2.75, 3.05) is 26.1 Å². The average molecular weight is 570 g/mol. The number of nitrogens with one attached hydrogen (secondary N) is 2. The van der Waals surface area contributed by atoms with Gasteiger partial charge >= 0.3 is 17.8 Å². The molecule has 2 amide bonds. The summed E-state index contributed by atoms with van der Waals surface area (Å²) in [7, 11) is 2.95. The molecule has 0 fully saturated rings. The van der Waals surface area contributed by atoms with E-state index in [1.165, 1.54) is 26.5 Å². The third-order valence-corrected chi connectivity index (χ3v) is 5.29. The third kappa shape index (κ3) is 7.55. The quantitative estimate of drug-likeness (QED) is 0.130. The highest BCUT2D eigenvalue weighted by Crippen LogP contribution is 2.29. The predicted octanol–water partition coefficient (Wildman–Crippen LogP) is 4.17. The van der Waals surface area contributed by atoms with Gasteiger partial charge in [0.25, 0.3) is 0 Å². The number of ether oxygens (including phenoxy) is 4. The van der Waals surface area contributed by atoms with E-state index in [-0.39, 0.29) is 11.3 Å². The maximum atomic E-state index is 12.7. The molecule has 0 bridgehead atoms. The lowest BCUT2D eigenvalue weighted by Crippen LogP contribution is -2.32. The Bertz CT molecular complexity index is 1310. The maximum Gasteiger partial charge on any atom is 0.343 e. The molecule has 0 saturated heterocycles. The van der Waals surface area contributed by atoms with Gasteiger partial charge in [0.1, 0.15) is 11.5 Å². The van der Waals surface area contributed by atoms with Crippen LogP contribution in [-0.4, -0.2) is 44.8 Å². The summed E-state index contributed by atoms with van der Waals surface area (Å²) < 4.78 is 21.9. The summed E-state index contributed by atoms with van der Waals surface area (Å²) in [4.78, 5) is 37.0. The standard InChI is InChI=1S/C26H24BrN3O7/c1-4-36-20-9-7-19(8-10-20)29-24(31)25(32)30-28-15-17-13-18(27)6-12-21(17)37-26(33)16-5-11-22(34-2)23(14-16)35-3/h5-15H,4H2,1-3H3,(H,29,31)(H,30,32). The van der Waals surface area contributed by atoms with Crippen LogP contribution in [0.1, 0.15) is 22.8 Å². The minimum absolute atomic E-state index is 0.180. The number of carbonyl (C=O) groups excluding carboxylic acids is 3. The molecule has 0 aromatic heterocycles. The van der Waals surface area contributed by atoms with Gasteiger partial charge in [0, 0.05) is 15.7 Å². The molecule has 192 valence electrons. The number of nitrogens with zero attached hydrogens (tertiary/aromatic N) is 1. The summed E-state index contributed by atoms with van der Waals surface area (Å²) in [6.45, 7) is 2.38. The summed E-state index contributed by atoms with van der Waals surface area (Å²) in [5, 5.41) is 6.29. The van der Waals surface area contributed by atoms with Crippen LogP contribution in [0.15, 0.2) is 70.2 Å². The van der Waals surface area contributed by atoms with Crippen LogP contribution < -0.4 is 29.7 Å². The summed E-state index contributed by atoms with van der Waals surface area (Å²) in [6, 6.07) is 16.1. The van der Waals surface area contributed by atoms with Crippen LogP contribution >= 0.6 is 15.9 Å². The smallest absolute Gasteiger partial charge is 0.343 e. The molecule has 3 rings (SSSR count). The summed E-state index contributed by atoms with van der Waals surface area (Å²) in [6.07, 6.45) is 1.25. The molecule has 0 aliphatic rings. The first kappa shape index (κ1) is 27.2. The van der Waals surface area contributed by atoms with Crippen molar-refractivity contribution in [3.63, 3.8) is 0 Å². The van der Waals surface area contributed by atoms with Crippen LogP contribution in [-0.2, 0) is 9.59 Å². The van der Waals surface area contributed by atoms with Gasteiger partial charge in [0.05, 0.1) is 32.6 Å². The van der Waals surface area contributed by atoms with Crippen molar-refractivity contribution < 1.29 is 33.3 Å². The maximum absolute atomic E-state index is 12.7. The number of methoxy groups -OCH3 is 2. The molecule has 2 N–H and O–H groups in total. The fourth-order valence-corrected chi connectivity index (χ4v) is 3.41. The number of benzene rings is 3. The van der Waals surface area contributed by atoms with E-state index >= 15 is 0 Å². The second-order valence-corrected chi connectivity index (χ2v) is 8.17. The van der Waals surface area contributed by atoms with Crippen molar-refractivity contribution >= 4 is 45.6 Å². The van der Waals surface area contributed by atoms with Gasteiger partial charge in [-0.3, -0.25) is 9.59 Å². The largest absolute Gasteiger partial charge is 0.494 e. The second kappa shape index (κ2) is 13.1. The molecule has 0 heterocycles. The van der Waals surface area contributed by atoms with Gasteiger partial charge in [0.15, 0.2) is 11.5 Å². The number of amides is 2. The number of hydrogen-bond acceptors (Lipinski definition) is 8. The zero-order valence-corrected chi connectivity index (χ0v) is 21.8. The Balaban J connectivity index is 1.65. The number of anilines is 1. The minimum atomic E-state index is -0.982. The lowest BCUT2D eigenvalue weighted by Gasteiger charge is -2.11. The average Bonchev–Trinajstić information content (AvgIpc) is 2.90. The Morgan fingerprint density at radius 1 is 0.892 bits per heavy atom. The fraction of sp³-hybridized carbons (Fsp3) is 0.154. The molecule has 11 heteroatoms. The second-order valence-electron chi connectivity index (χ2n) is 7.25. The van der Waals surface area contributed by atoms with Crippen LogP contribution in [0.25, 0.3) is 0 Å². The van der Waals surface area contributed by atoms with E-state index < -0.39 is 17.8 Å². The summed E-state index contributed by atoms with van der Waals surface area (Å²) in [5.41, 5.74) is 3.18. The Labute approximate surface area is 221 Å². The first-order chi connectivity index (χ1) is 17.8. The van der Waals surface area contributed by atoms with Gasteiger partial charge in [-0.05, 0) is 67.6 Å². The topological polar surface area (TPSA) is 125 Å². The lowest BCUT2D eigenvalue weighted by molar-refractivity contribution is -0.136. The number of rotatable bonds is 9. The molecule has 0 aliphatic carbocycles. The van der Waals surface area contributed by atoms with Gasteiger partial charge < -0.3 is 24.3 Å². The van der Waals surface area contributed by atoms with Crippen LogP contribution in [0.2, 0.25) is 0 Å². The first-order valence-electron chi connectivity index (χ1n) is 11.0. The highest BCUT2D eigenvalue weighted by molar-refractivity contribution is 9.10. The van der Waals surface area contributed by atoms with Crippen LogP contribution in [0.4, 0.5) is 5.69 Å². The van der Waals surface area contributed by atoms with Gasteiger partial charge in [-0.25, -0.2) is 10.2 Å². The molecule has 37 heavy (non-hydrogen) atoms. The lowest BCUT2D eigenvalue weighted by atomic mass is 10.2. The van der Waals surface area contributed by atoms with E-state index in [0.29, 0.717) is 39.6 Å². The normalized spacial score (nSPS) is 10.5. The Morgan fingerprint density at radius 2 is 1.59 bits per heavy atom. The minimum Gasteiger partial charge on any atom is -0.494 e. The van der Waals surface area contributed by atoms with Crippen molar-refractivity contribution in [3.05, 3.63) is 76.3 Å². The van der Waals surface area contributed by atoms with E-state index in [2.05, 4.69) is 31.8 Å². The van der Waals surface area contributed by atoms with Crippen molar-refractivity contribution in [1.29, 1.82) is 0 Å². The van der Waals surface area contributed by atoms with Gasteiger partial charge in [-0.2, -0.15) is 5.10 Å². The van der Waals surface area contributed by atoms with E-state index in [9.17, 15) is 14.4 Å². The zero-order chi connectivity index (χ0) is 26.8. The Kier molecular flexibility index (Phi) is 9.61. The van der Waals surface area contributed by atoms with E-state index in [0.717, 1.165) is 0 Å². The van der Waals surface area contributed by atoms with Gasteiger partial charge in [0.2, 0.25) is 0 Å².